The van der Waals surface area contributed by atoms with E-state index in [1.807, 2.05) is 6.08 Å². The Kier molecular flexibility index (Phi) is 50.6. The molecule has 0 aromatic rings. The number of ether oxygens (including phenoxy) is 3. The maximum Gasteiger partial charge on any atom is 0.306 e. The van der Waals surface area contributed by atoms with Gasteiger partial charge in [0.15, 0.2) is 12.4 Å². The fourth-order valence-electron chi connectivity index (χ4n) is 10.1. The Balaban J connectivity index is 2.65. The molecule has 11 heteroatoms. The smallest absolute Gasteiger partial charge is 0.306 e. The monoisotopic (exact) mass is 1080 g/mol. The van der Waals surface area contributed by atoms with E-state index in [-0.39, 0.29) is 13.0 Å². The van der Waals surface area contributed by atoms with E-state index in [0.29, 0.717) is 19.3 Å². The molecule has 1 aliphatic heterocycles. The van der Waals surface area contributed by atoms with Crippen LogP contribution in [0.25, 0.3) is 0 Å². The van der Waals surface area contributed by atoms with E-state index in [0.717, 1.165) is 70.6 Å². The largest absolute Gasteiger partial charge is 0.454 e. The molecule has 0 aromatic heterocycles. The molecule has 1 saturated heterocycles. The Labute approximate surface area is 466 Å². The fraction of sp³-hybridized carbons (Fsp3) is 0.877. The topological polar surface area (TPSA) is 175 Å². The number of hydrogen-bond acceptors (Lipinski definition) is 10. The van der Waals surface area contributed by atoms with Gasteiger partial charge in [-0.3, -0.25) is 9.59 Å². The van der Waals surface area contributed by atoms with Crippen LogP contribution in [0.1, 0.15) is 303 Å². The molecule has 1 amide bonds. The van der Waals surface area contributed by atoms with Crippen LogP contribution in [-0.2, 0) is 23.8 Å². The number of unbranched alkanes of at least 4 members (excludes halogenated alkanes) is 37. The Hall–Kier alpha value is -2.12. The first kappa shape index (κ1) is 71.9. The zero-order chi connectivity index (χ0) is 55.4. The van der Waals surface area contributed by atoms with Crippen molar-refractivity contribution in [3.63, 3.8) is 0 Å². The van der Waals surface area contributed by atoms with Crippen LogP contribution in [-0.4, -0.2) is 99.6 Å². The molecule has 1 heterocycles. The lowest BCUT2D eigenvalue weighted by Crippen LogP contribution is -2.61. The van der Waals surface area contributed by atoms with Crippen LogP contribution in [0, 0.1) is 0 Å². The van der Waals surface area contributed by atoms with Crippen LogP contribution in [0.3, 0.4) is 0 Å². The lowest BCUT2D eigenvalue weighted by Gasteiger charge is -2.41. The van der Waals surface area contributed by atoms with Crippen molar-refractivity contribution >= 4 is 11.9 Å². The van der Waals surface area contributed by atoms with Crippen LogP contribution in [0.15, 0.2) is 36.5 Å². The van der Waals surface area contributed by atoms with Crippen LogP contribution in [0.2, 0.25) is 0 Å². The summed E-state index contributed by atoms with van der Waals surface area (Å²) in [7, 11) is 0. The van der Waals surface area contributed by atoms with Gasteiger partial charge in [0.2, 0.25) is 5.91 Å². The van der Waals surface area contributed by atoms with Gasteiger partial charge in [0.05, 0.1) is 25.4 Å². The standard InChI is InChI=1S/C65H121NO10/c1-4-7-10-13-16-19-22-25-27-28-29-30-31-33-34-37-40-43-46-49-52-58(69)64(73)66-56(57(68)51-48-45-42-39-36-24-21-18-15-12-9-6-3)55-74-65-63(62(72)61(71)59(54-67)75-65)76-60(70)53-50-47-44-41-38-35-32-26-23-20-17-14-11-8-5-2/h20,23,25,27,48,51,56-59,61-63,65,67-69,71-72H,4-19,21-22,24,26,28-47,49-50,52-55H2,1-3H3,(H,66,73)/b23-20-,27-25+,51-48+. The molecule has 8 unspecified atom stereocenters. The average molecular weight is 1080 g/mol. The molecule has 0 spiro atoms. The predicted molar refractivity (Wildman–Crippen MR) is 315 cm³/mol. The minimum absolute atomic E-state index is 0.121. The Morgan fingerprint density at radius 1 is 0.500 bits per heavy atom. The molecule has 11 nitrogen and oxygen atoms in total. The number of nitrogens with one attached hydrogen (secondary N) is 1. The minimum Gasteiger partial charge on any atom is -0.454 e. The van der Waals surface area contributed by atoms with Crippen molar-refractivity contribution in [3.05, 3.63) is 36.5 Å². The van der Waals surface area contributed by atoms with Crippen molar-refractivity contribution in [2.45, 2.75) is 352 Å². The number of hydrogen-bond donors (Lipinski definition) is 6. The third-order valence-corrected chi connectivity index (χ3v) is 15.3. The summed E-state index contributed by atoms with van der Waals surface area (Å²) in [6.07, 6.45) is 53.2. The highest BCUT2D eigenvalue weighted by molar-refractivity contribution is 5.80. The quantitative estimate of drug-likeness (QED) is 0.0195. The predicted octanol–water partition coefficient (Wildman–Crippen LogP) is 15.5. The summed E-state index contributed by atoms with van der Waals surface area (Å²) in [5, 5.41) is 57.0. The van der Waals surface area contributed by atoms with Gasteiger partial charge in [-0.25, -0.2) is 0 Å². The van der Waals surface area contributed by atoms with Crippen molar-refractivity contribution in [1.29, 1.82) is 0 Å². The third kappa shape index (κ3) is 41.0. The average Bonchev–Trinajstić information content (AvgIpc) is 3.42. The Bertz CT molecular complexity index is 1380. The lowest BCUT2D eigenvalue weighted by atomic mass is 9.99. The first-order valence-corrected chi connectivity index (χ1v) is 32.3. The normalized spacial score (nSPS) is 19.3. The van der Waals surface area contributed by atoms with Gasteiger partial charge in [-0.15, -0.1) is 0 Å². The van der Waals surface area contributed by atoms with Gasteiger partial charge in [0.25, 0.3) is 0 Å². The van der Waals surface area contributed by atoms with Crippen molar-refractivity contribution in [3.8, 4) is 0 Å². The molecule has 6 N–H and O–H groups in total. The van der Waals surface area contributed by atoms with E-state index in [9.17, 15) is 35.1 Å². The Morgan fingerprint density at radius 2 is 0.868 bits per heavy atom. The molecule has 1 rings (SSSR count). The molecular weight excluding hydrogens is 955 g/mol. The zero-order valence-corrected chi connectivity index (χ0v) is 49.4. The highest BCUT2D eigenvalue weighted by atomic mass is 16.7. The van der Waals surface area contributed by atoms with E-state index in [1.165, 1.54) is 186 Å². The lowest BCUT2D eigenvalue weighted by molar-refractivity contribution is -0.305. The summed E-state index contributed by atoms with van der Waals surface area (Å²) in [6.45, 7) is 5.79. The maximum absolute atomic E-state index is 13.4. The van der Waals surface area contributed by atoms with Gasteiger partial charge in [0.1, 0.15) is 24.4 Å². The van der Waals surface area contributed by atoms with E-state index in [2.05, 4.69) is 50.4 Å². The van der Waals surface area contributed by atoms with E-state index >= 15 is 0 Å². The van der Waals surface area contributed by atoms with Crippen molar-refractivity contribution in [2.24, 2.45) is 0 Å². The summed E-state index contributed by atoms with van der Waals surface area (Å²) in [4.78, 5) is 26.6. The summed E-state index contributed by atoms with van der Waals surface area (Å²) in [6, 6.07) is -1.02. The molecule has 0 saturated carbocycles. The molecule has 1 aliphatic rings. The molecule has 446 valence electrons. The van der Waals surface area contributed by atoms with Crippen molar-refractivity contribution in [2.75, 3.05) is 13.2 Å². The first-order valence-electron chi connectivity index (χ1n) is 32.3. The SMILES string of the molecule is CCCCCC/C=C\CCCCCCCCCC(=O)OC1C(OCC(NC(=O)C(O)CCCCCCCCCCCC/C=C/CCCCCCCC)C(O)/C=C/CCCCCCCCCCCC)OC(CO)C(O)C1O. The molecule has 8 atom stereocenters. The molecule has 1 fully saturated rings. The fourth-order valence-corrected chi connectivity index (χ4v) is 10.1. The number of aliphatic hydroxyl groups is 5. The van der Waals surface area contributed by atoms with Gasteiger partial charge in [-0.2, -0.15) is 0 Å². The van der Waals surface area contributed by atoms with Crippen LogP contribution in [0.4, 0.5) is 0 Å². The number of carbonyl (C=O) groups is 2. The number of carbonyl (C=O) groups excluding carboxylic acids is 2. The molecule has 0 aromatic carbocycles. The molecule has 76 heavy (non-hydrogen) atoms. The van der Waals surface area contributed by atoms with Crippen LogP contribution in [0.5, 0.6) is 0 Å². The second kappa shape index (κ2) is 53.5. The highest BCUT2D eigenvalue weighted by Crippen LogP contribution is 2.26. The van der Waals surface area contributed by atoms with E-state index < -0.39 is 67.4 Å². The first-order chi connectivity index (χ1) is 37.2. The van der Waals surface area contributed by atoms with E-state index in [1.54, 1.807) is 6.08 Å². The molecule has 0 aliphatic carbocycles. The van der Waals surface area contributed by atoms with Gasteiger partial charge < -0.3 is 45.1 Å². The summed E-state index contributed by atoms with van der Waals surface area (Å²) in [5.41, 5.74) is 0. The number of rotatable bonds is 55. The number of esters is 1. The molecule has 0 radical (unpaired) electrons. The minimum atomic E-state index is -1.61. The number of aliphatic hydroxyl groups excluding tert-OH is 5. The molecule has 0 bridgehead atoms. The summed E-state index contributed by atoms with van der Waals surface area (Å²) in [5.74, 6) is -1.19. The van der Waals surface area contributed by atoms with Gasteiger partial charge >= 0.3 is 5.97 Å². The third-order valence-electron chi connectivity index (χ3n) is 15.3. The van der Waals surface area contributed by atoms with Crippen molar-refractivity contribution < 1.29 is 49.3 Å². The second-order valence-corrected chi connectivity index (χ2v) is 22.5. The van der Waals surface area contributed by atoms with Crippen molar-refractivity contribution in [1.82, 2.24) is 5.32 Å². The summed E-state index contributed by atoms with van der Waals surface area (Å²) < 4.78 is 17.6. The van der Waals surface area contributed by atoms with E-state index in [4.69, 9.17) is 14.2 Å². The Morgan fingerprint density at radius 3 is 1.29 bits per heavy atom. The summed E-state index contributed by atoms with van der Waals surface area (Å²) >= 11 is 0. The second-order valence-electron chi connectivity index (χ2n) is 22.5. The van der Waals surface area contributed by atoms with Gasteiger partial charge in [-0.05, 0) is 77.0 Å². The number of allylic oxidation sites excluding steroid dienone is 5. The van der Waals surface area contributed by atoms with Crippen LogP contribution >= 0.6 is 0 Å². The highest BCUT2D eigenvalue weighted by Gasteiger charge is 2.47. The maximum atomic E-state index is 13.4. The van der Waals surface area contributed by atoms with Gasteiger partial charge in [-0.1, -0.05) is 256 Å². The van der Waals surface area contributed by atoms with Crippen LogP contribution < -0.4 is 5.32 Å². The molecular formula is C65H121NO10. The van der Waals surface area contributed by atoms with Gasteiger partial charge in [0, 0.05) is 6.42 Å². The zero-order valence-electron chi connectivity index (χ0n) is 49.4. The number of amides is 1.